The van der Waals surface area contributed by atoms with Gasteiger partial charge in [-0.2, -0.15) is 0 Å². The number of ether oxygens (including phenoxy) is 5. The molecule has 0 unspecified atom stereocenters. The lowest BCUT2D eigenvalue weighted by molar-refractivity contribution is -0.289. The molecule has 0 radical (unpaired) electrons. The normalized spacial score (nSPS) is 21.7. The Hall–Kier alpha value is -4.96. The zero-order chi connectivity index (χ0) is 34.1. The van der Waals surface area contributed by atoms with Crippen LogP contribution in [0.25, 0.3) is 0 Å². The molecule has 1 fully saturated rings. The topological polar surface area (TPSA) is 83.5 Å². The second-order valence-corrected chi connectivity index (χ2v) is 12.4. The van der Waals surface area contributed by atoms with Crippen LogP contribution in [0.15, 0.2) is 146 Å². The van der Waals surface area contributed by atoms with Crippen molar-refractivity contribution in [1.82, 2.24) is 4.90 Å². The van der Waals surface area contributed by atoms with Gasteiger partial charge in [-0.3, -0.25) is 9.59 Å². The van der Waals surface area contributed by atoms with Crippen LogP contribution >= 0.6 is 0 Å². The summed E-state index contributed by atoms with van der Waals surface area (Å²) in [6.07, 6.45) is -4.23. The molecule has 0 aliphatic carbocycles. The minimum absolute atomic E-state index is 0.116. The van der Waals surface area contributed by atoms with Gasteiger partial charge in [0.15, 0.2) is 6.23 Å². The maximum Gasteiger partial charge on any atom is 0.263 e. The zero-order valence-electron chi connectivity index (χ0n) is 27.6. The Morgan fingerprint density at radius 3 is 1.30 bits per heavy atom. The van der Waals surface area contributed by atoms with E-state index in [0.29, 0.717) is 17.7 Å². The van der Waals surface area contributed by atoms with E-state index in [1.807, 2.05) is 121 Å². The molecule has 5 aromatic rings. The quantitative estimate of drug-likeness (QED) is 0.118. The van der Waals surface area contributed by atoms with Crippen LogP contribution in [0.3, 0.4) is 0 Å². The lowest BCUT2D eigenvalue weighted by Crippen LogP contribution is -2.66. The van der Waals surface area contributed by atoms with Gasteiger partial charge in [0.1, 0.15) is 24.4 Å². The Morgan fingerprint density at radius 2 is 0.840 bits per heavy atom. The molecule has 50 heavy (non-hydrogen) atoms. The first-order chi connectivity index (χ1) is 24.7. The van der Waals surface area contributed by atoms with Gasteiger partial charge in [-0.1, -0.05) is 133 Å². The Bertz CT molecular complexity index is 1800. The summed E-state index contributed by atoms with van der Waals surface area (Å²) in [5.41, 5.74) is 4.50. The molecular weight excluding hydrogens is 630 g/mol. The molecule has 2 aliphatic heterocycles. The van der Waals surface area contributed by atoms with Crippen LogP contribution in [0.1, 0.15) is 43.0 Å². The molecule has 2 aliphatic rings. The monoisotopic (exact) mass is 669 g/mol. The molecule has 0 saturated carbocycles. The van der Waals surface area contributed by atoms with Crippen molar-refractivity contribution >= 4 is 11.8 Å². The average Bonchev–Trinajstić information content (AvgIpc) is 3.42. The molecule has 8 nitrogen and oxygen atoms in total. The lowest BCUT2D eigenvalue weighted by Gasteiger charge is -2.48. The van der Waals surface area contributed by atoms with Gasteiger partial charge in [0, 0.05) is 0 Å². The Kier molecular flexibility index (Phi) is 10.8. The van der Waals surface area contributed by atoms with E-state index < -0.39 is 42.5 Å². The third-order valence-corrected chi connectivity index (χ3v) is 8.94. The Labute approximate surface area is 292 Å². The molecule has 2 amide bonds. The maximum atomic E-state index is 14.0. The van der Waals surface area contributed by atoms with Gasteiger partial charge in [0.05, 0.1) is 44.2 Å². The number of fused-ring (bicyclic) bond motifs is 1. The van der Waals surface area contributed by atoms with E-state index in [1.165, 1.54) is 4.90 Å². The Balaban J connectivity index is 1.26. The number of carbonyl (C=O) groups excluding carboxylic acids is 2. The minimum atomic E-state index is -1.13. The number of hydrogen-bond acceptors (Lipinski definition) is 7. The smallest absolute Gasteiger partial charge is 0.263 e. The van der Waals surface area contributed by atoms with E-state index in [4.69, 9.17) is 23.7 Å². The Morgan fingerprint density at radius 1 is 0.460 bits per heavy atom. The molecule has 5 aromatic carbocycles. The van der Waals surface area contributed by atoms with E-state index >= 15 is 0 Å². The number of nitrogens with zero attached hydrogens (tertiary/aromatic N) is 1. The number of benzene rings is 5. The van der Waals surface area contributed by atoms with Crippen LogP contribution in [0.5, 0.6) is 0 Å². The summed E-state index contributed by atoms with van der Waals surface area (Å²) >= 11 is 0. The highest BCUT2D eigenvalue weighted by Gasteiger charge is 2.54. The van der Waals surface area contributed by atoms with Crippen LogP contribution in [0, 0.1) is 0 Å². The number of hydrogen-bond donors (Lipinski definition) is 0. The molecule has 254 valence electrons. The van der Waals surface area contributed by atoms with E-state index in [9.17, 15) is 9.59 Å². The third kappa shape index (κ3) is 7.75. The zero-order valence-corrected chi connectivity index (χ0v) is 27.6. The standard InChI is InChI=1S/C42H39NO7/c44-40-34-23-13-14-24-35(34)41(45)43(40)42-39(49-28-33-21-11-4-12-22-33)38(48-27-32-19-9-3-10-20-32)37(47-26-31-17-7-2-8-18-31)36(50-42)29-46-25-30-15-5-1-6-16-30/h1-24,36-39,42H,25-29H2/t36-,37-,38+,39-,42-/m1/s1. The molecule has 8 heteroatoms. The first kappa shape index (κ1) is 33.5. The number of imide groups is 1. The van der Waals surface area contributed by atoms with Crippen molar-refractivity contribution in [2.45, 2.75) is 57.1 Å². The van der Waals surface area contributed by atoms with Crippen molar-refractivity contribution in [3.63, 3.8) is 0 Å². The molecule has 5 atom stereocenters. The largest absolute Gasteiger partial charge is 0.374 e. The second kappa shape index (κ2) is 16.2. The molecule has 2 heterocycles. The van der Waals surface area contributed by atoms with E-state index in [-0.39, 0.29) is 26.4 Å². The molecule has 0 N–H and O–H groups in total. The predicted octanol–water partition coefficient (Wildman–Crippen LogP) is 6.98. The van der Waals surface area contributed by atoms with Gasteiger partial charge >= 0.3 is 0 Å². The highest BCUT2D eigenvalue weighted by atomic mass is 16.6. The van der Waals surface area contributed by atoms with Gasteiger partial charge in [-0.25, -0.2) is 4.90 Å². The van der Waals surface area contributed by atoms with Crippen LogP contribution in [0.2, 0.25) is 0 Å². The van der Waals surface area contributed by atoms with Gasteiger partial charge < -0.3 is 23.7 Å². The lowest BCUT2D eigenvalue weighted by atomic mass is 9.96. The molecule has 1 saturated heterocycles. The van der Waals surface area contributed by atoms with Crippen molar-refractivity contribution in [2.24, 2.45) is 0 Å². The van der Waals surface area contributed by atoms with Gasteiger partial charge in [0.25, 0.3) is 11.8 Å². The average molecular weight is 670 g/mol. The molecular formula is C42H39NO7. The second-order valence-electron chi connectivity index (χ2n) is 12.4. The predicted molar refractivity (Wildman–Crippen MR) is 187 cm³/mol. The highest BCUT2D eigenvalue weighted by molar-refractivity contribution is 6.21. The van der Waals surface area contributed by atoms with Gasteiger partial charge in [-0.15, -0.1) is 0 Å². The van der Waals surface area contributed by atoms with E-state index in [1.54, 1.807) is 24.3 Å². The van der Waals surface area contributed by atoms with Crippen molar-refractivity contribution in [2.75, 3.05) is 6.61 Å². The van der Waals surface area contributed by atoms with Crippen molar-refractivity contribution in [3.8, 4) is 0 Å². The molecule has 0 aromatic heterocycles. The summed E-state index contributed by atoms with van der Waals surface area (Å²) in [7, 11) is 0. The van der Waals surface area contributed by atoms with E-state index in [2.05, 4.69) is 0 Å². The SMILES string of the molecule is O=C1c2ccccc2C(=O)N1[C@@H]1O[C@H](COCc2ccccc2)[C@@H](OCc2ccccc2)[C@H](OCc2ccccc2)[C@H]1OCc1ccccc1. The fraction of sp³-hybridized carbons (Fsp3) is 0.238. The molecule has 0 bridgehead atoms. The fourth-order valence-corrected chi connectivity index (χ4v) is 6.41. The van der Waals surface area contributed by atoms with Gasteiger partial charge in [0.2, 0.25) is 0 Å². The first-order valence-corrected chi connectivity index (χ1v) is 16.9. The summed E-state index contributed by atoms with van der Waals surface area (Å²) in [6, 6.07) is 46.1. The van der Waals surface area contributed by atoms with Crippen LogP contribution in [-0.4, -0.2) is 54.0 Å². The first-order valence-electron chi connectivity index (χ1n) is 16.9. The van der Waals surface area contributed by atoms with Crippen molar-refractivity contribution in [1.29, 1.82) is 0 Å². The van der Waals surface area contributed by atoms with Crippen LogP contribution in [-0.2, 0) is 50.1 Å². The van der Waals surface area contributed by atoms with Crippen LogP contribution in [0.4, 0.5) is 0 Å². The van der Waals surface area contributed by atoms with E-state index in [0.717, 1.165) is 22.3 Å². The minimum Gasteiger partial charge on any atom is -0.374 e. The number of carbonyl (C=O) groups is 2. The summed E-state index contributed by atoms with van der Waals surface area (Å²) in [5.74, 6) is -0.892. The maximum absolute atomic E-state index is 14.0. The number of rotatable bonds is 14. The third-order valence-electron chi connectivity index (χ3n) is 8.94. The van der Waals surface area contributed by atoms with Gasteiger partial charge in [-0.05, 0) is 34.4 Å². The summed E-state index contributed by atoms with van der Waals surface area (Å²) in [6.45, 7) is 1.17. The van der Waals surface area contributed by atoms with Crippen molar-refractivity contribution < 1.29 is 33.3 Å². The molecule has 0 spiro atoms. The van der Waals surface area contributed by atoms with Crippen LogP contribution < -0.4 is 0 Å². The summed E-state index contributed by atoms with van der Waals surface area (Å²) in [5, 5.41) is 0. The highest BCUT2D eigenvalue weighted by Crippen LogP contribution is 2.36. The summed E-state index contributed by atoms with van der Waals surface area (Å²) < 4.78 is 33.2. The fourth-order valence-electron chi connectivity index (χ4n) is 6.41. The summed E-state index contributed by atoms with van der Waals surface area (Å²) in [4.78, 5) is 29.1. The molecule has 7 rings (SSSR count). The number of amides is 2. The van der Waals surface area contributed by atoms with Crippen molar-refractivity contribution in [3.05, 3.63) is 179 Å².